The van der Waals surface area contributed by atoms with Crippen molar-refractivity contribution < 1.29 is 19.2 Å². The van der Waals surface area contributed by atoms with Crippen molar-refractivity contribution in [3.63, 3.8) is 0 Å². The van der Waals surface area contributed by atoms with E-state index in [2.05, 4.69) is 11.8 Å². The zero-order chi connectivity index (χ0) is 34.7. The van der Waals surface area contributed by atoms with Gasteiger partial charge in [-0.25, -0.2) is 0 Å². The zero-order valence-electron chi connectivity index (χ0n) is 28.6. The van der Waals surface area contributed by atoms with Crippen LogP contribution in [0.15, 0.2) is 36.4 Å². The van der Waals surface area contributed by atoms with Crippen molar-refractivity contribution in [1.29, 1.82) is 0 Å². The van der Waals surface area contributed by atoms with Crippen molar-refractivity contribution in [3.05, 3.63) is 69.8 Å². The van der Waals surface area contributed by atoms with E-state index in [1.165, 1.54) is 9.80 Å². The second kappa shape index (κ2) is 10.7. The first-order chi connectivity index (χ1) is 22.8. The van der Waals surface area contributed by atoms with Crippen molar-refractivity contribution in [2.45, 2.75) is 67.5 Å². The van der Waals surface area contributed by atoms with Crippen LogP contribution in [0, 0.1) is 48.4 Å². The van der Waals surface area contributed by atoms with Crippen LogP contribution < -0.4 is 0 Å². The molecule has 2 heterocycles. The summed E-state index contributed by atoms with van der Waals surface area (Å²) in [6.45, 7) is 16.1. The van der Waals surface area contributed by atoms with Gasteiger partial charge in [-0.1, -0.05) is 79.4 Å². The minimum Gasteiger partial charge on any atom is -0.271 e. The second-order valence-electron chi connectivity index (χ2n) is 14.7. The zero-order valence-corrected chi connectivity index (χ0v) is 28.6. The van der Waals surface area contributed by atoms with Crippen molar-refractivity contribution in [2.24, 2.45) is 23.7 Å². The van der Waals surface area contributed by atoms with E-state index in [1.54, 1.807) is 24.3 Å². The molecule has 5 aromatic carbocycles. The molecule has 0 spiro atoms. The van der Waals surface area contributed by atoms with E-state index in [-0.39, 0.29) is 59.4 Å². The highest BCUT2D eigenvalue weighted by Crippen LogP contribution is 2.49. The van der Waals surface area contributed by atoms with Gasteiger partial charge in [-0.2, -0.15) is 0 Å². The third-order valence-corrected chi connectivity index (χ3v) is 10.5. The van der Waals surface area contributed by atoms with Gasteiger partial charge in [-0.05, 0) is 58.7 Å². The second-order valence-corrected chi connectivity index (χ2v) is 14.7. The Bertz CT molecular complexity index is 2200. The summed E-state index contributed by atoms with van der Waals surface area (Å²) >= 11 is 0. The van der Waals surface area contributed by atoms with Crippen LogP contribution in [-0.4, -0.2) is 45.5 Å². The highest BCUT2D eigenvalue weighted by Gasteiger charge is 2.43. The molecule has 2 aliphatic heterocycles. The Morgan fingerprint density at radius 1 is 0.458 bits per heavy atom. The summed E-state index contributed by atoms with van der Waals surface area (Å²) in [5.74, 6) is 4.43. The molecule has 48 heavy (non-hydrogen) atoms. The highest BCUT2D eigenvalue weighted by molar-refractivity contribution is 6.42. The first-order valence-electron chi connectivity index (χ1n) is 16.7. The Hall–Kier alpha value is -5.20. The molecule has 0 radical (unpaired) electrons. The minimum absolute atomic E-state index is 0.0433. The number of rotatable bonds is 6. The standard InChI is InChI=1S/C42H38N2O4/c1-11-23-17-29-33-27(39(45)43(41(29)47)37(19(3)4)20(5)6)16-14-26-32-24(12-2)18-30-34-28(15-13-25(36(32)34)31(23)35(26)33)40(46)44(42(30)48)38(21(7)8)22(9)10/h1-2,13-22,37-38H,3-10H3. The molecule has 6 nitrogen and oxygen atoms in total. The van der Waals surface area contributed by atoms with Gasteiger partial charge in [0.1, 0.15) is 0 Å². The van der Waals surface area contributed by atoms with Crippen LogP contribution in [0.4, 0.5) is 0 Å². The molecule has 0 saturated heterocycles. The van der Waals surface area contributed by atoms with Crippen LogP contribution in [0.5, 0.6) is 0 Å². The largest absolute Gasteiger partial charge is 0.271 e. The smallest absolute Gasteiger partial charge is 0.261 e. The Labute approximate surface area is 280 Å². The van der Waals surface area contributed by atoms with Crippen molar-refractivity contribution >= 4 is 66.7 Å². The summed E-state index contributed by atoms with van der Waals surface area (Å²) in [6, 6.07) is 10.1. The third kappa shape index (κ3) is 3.90. The number of carbonyl (C=O) groups excluding carboxylic acids is 4. The van der Waals surface area contributed by atoms with E-state index >= 15 is 0 Å². The third-order valence-electron chi connectivity index (χ3n) is 10.5. The van der Waals surface area contributed by atoms with Crippen molar-refractivity contribution in [1.82, 2.24) is 9.80 Å². The summed E-state index contributed by atoms with van der Waals surface area (Å²) in [4.78, 5) is 60.0. The van der Waals surface area contributed by atoms with Gasteiger partial charge in [0.25, 0.3) is 23.6 Å². The summed E-state index contributed by atoms with van der Waals surface area (Å²) in [6.07, 6.45) is 12.4. The van der Waals surface area contributed by atoms with E-state index < -0.39 is 0 Å². The lowest BCUT2D eigenvalue weighted by Crippen LogP contribution is -2.51. The Kier molecular flexibility index (Phi) is 6.97. The molecule has 0 unspecified atom stereocenters. The lowest BCUT2D eigenvalue weighted by atomic mass is 9.78. The number of terminal acetylenes is 2. The summed E-state index contributed by atoms with van der Waals surface area (Å²) in [5, 5.41) is 5.29. The first-order valence-corrected chi connectivity index (χ1v) is 16.7. The van der Waals surface area contributed by atoms with Crippen LogP contribution in [0.25, 0.3) is 43.1 Å². The predicted molar refractivity (Wildman–Crippen MR) is 191 cm³/mol. The Morgan fingerprint density at radius 2 is 0.771 bits per heavy atom. The van der Waals surface area contributed by atoms with Crippen LogP contribution >= 0.6 is 0 Å². The van der Waals surface area contributed by atoms with E-state index in [0.29, 0.717) is 76.5 Å². The maximum Gasteiger partial charge on any atom is 0.261 e. The number of amides is 4. The van der Waals surface area contributed by atoms with Crippen LogP contribution in [0.1, 0.15) is 108 Å². The molecule has 0 bridgehead atoms. The maximum atomic E-state index is 14.3. The van der Waals surface area contributed by atoms with Gasteiger partial charge in [-0.15, -0.1) is 12.8 Å². The number of carbonyl (C=O) groups is 4. The summed E-state index contributed by atoms with van der Waals surface area (Å²) in [5.41, 5.74) is 2.63. The van der Waals surface area contributed by atoms with Gasteiger partial charge in [0.15, 0.2) is 0 Å². The first kappa shape index (κ1) is 31.4. The molecule has 2 aliphatic rings. The van der Waals surface area contributed by atoms with Crippen LogP contribution in [0.2, 0.25) is 0 Å². The van der Waals surface area contributed by atoms with Crippen LogP contribution in [-0.2, 0) is 0 Å². The molecular formula is C42H38N2O4. The molecule has 0 aromatic heterocycles. The normalized spacial score (nSPS) is 15.0. The molecule has 0 atom stereocenters. The SMILES string of the molecule is C#Cc1cc2c3c(ccc4c5c(C#C)cc6c7c(ccc(c1c34)c75)C(=O)N(C(C(C)C)C(C)C)C6=O)C(=O)N(C(C(C)C)C(C)C)C2=O. The summed E-state index contributed by atoms with van der Waals surface area (Å²) < 4.78 is 0. The van der Waals surface area contributed by atoms with Crippen molar-refractivity contribution in [3.8, 4) is 24.7 Å². The molecule has 240 valence electrons. The number of imide groups is 2. The van der Waals surface area contributed by atoms with E-state index in [0.717, 1.165) is 0 Å². The molecule has 4 amide bonds. The number of benzene rings is 5. The van der Waals surface area contributed by atoms with Gasteiger partial charge < -0.3 is 0 Å². The monoisotopic (exact) mass is 634 g/mol. The molecule has 7 rings (SSSR count). The van der Waals surface area contributed by atoms with Gasteiger partial charge in [0, 0.05) is 77.8 Å². The predicted octanol–water partition coefficient (Wildman–Crippen LogP) is 8.25. The van der Waals surface area contributed by atoms with Gasteiger partial charge >= 0.3 is 0 Å². The van der Waals surface area contributed by atoms with Gasteiger partial charge in [0.05, 0.1) is 0 Å². The average molecular weight is 635 g/mol. The van der Waals surface area contributed by atoms with E-state index in [9.17, 15) is 19.2 Å². The number of fused-ring (bicyclic) bond motifs is 2. The Balaban J connectivity index is 1.63. The van der Waals surface area contributed by atoms with E-state index in [4.69, 9.17) is 12.8 Å². The van der Waals surface area contributed by atoms with Gasteiger partial charge in [0.2, 0.25) is 0 Å². The number of hydrogen-bond acceptors (Lipinski definition) is 4. The lowest BCUT2D eigenvalue weighted by molar-refractivity contribution is 0.0423. The molecule has 0 N–H and O–H groups in total. The topological polar surface area (TPSA) is 74.8 Å². The van der Waals surface area contributed by atoms with Gasteiger partial charge in [-0.3, -0.25) is 29.0 Å². The number of nitrogens with zero attached hydrogens (tertiary/aromatic N) is 2. The average Bonchev–Trinajstić information content (AvgIpc) is 3.04. The number of hydrogen-bond donors (Lipinski definition) is 0. The fourth-order valence-corrected chi connectivity index (χ4v) is 9.01. The molecular weight excluding hydrogens is 596 g/mol. The quantitative estimate of drug-likeness (QED) is 0.0816. The maximum absolute atomic E-state index is 14.3. The van der Waals surface area contributed by atoms with Crippen molar-refractivity contribution in [2.75, 3.05) is 0 Å². The molecule has 0 aliphatic carbocycles. The molecule has 6 heteroatoms. The fourth-order valence-electron chi connectivity index (χ4n) is 9.01. The lowest BCUT2D eigenvalue weighted by Gasteiger charge is -2.39. The van der Waals surface area contributed by atoms with E-state index in [1.807, 2.05) is 67.5 Å². The fraction of sp³-hybridized carbons (Fsp3) is 0.333. The molecule has 0 saturated carbocycles. The molecule has 0 fully saturated rings. The minimum atomic E-state index is -0.366. The highest BCUT2D eigenvalue weighted by atomic mass is 16.2. The molecule has 5 aromatic rings. The summed E-state index contributed by atoms with van der Waals surface area (Å²) in [7, 11) is 0. The Morgan fingerprint density at radius 3 is 1.06 bits per heavy atom. The van der Waals surface area contributed by atoms with Crippen LogP contribution in [0.3, 0.4) is 0 Å².